The van der Waals surface area contributed by atoms with E-state index < -0.39 is 5.91 Å². The molecule has 0 aliphatic heterocycles. The Morgan fingerprint density at radius 1 is 1.34 bits per heavy atom. The lowest BCUT2D eigenvalue weighted by Gasteiger charge is -2.12. The van der Waals surface area contributed by atoms with Crippen molar-refractivity contribution in [3.8, 4) is 10.7 Å². The molecule has 0 spiro atoms. The number of hydrogen-bond acceptors (Lipinski definition) is 8. The third-order valence-corrected chi connectivity index (χ3v) is 5.75. The number of thioether (sulfide) groups is 1. The second-order valence-corrected chi connectivity index (χ2v) is 9.20. The molecule has 0 aliphatic rings. The minimum absolute atomic E-state index is 0.102. The number of aromatic nitrogens is 4. The minimum atomic E-state index is -0.413. The second kappa shape index (κ2) is 8.78. The maximum atomic E-state index is 12.3. The molecular weight excluding hydrogens is 412 g/mol. The van der Waals surface area contributed by atoms with Gasteiger partial charge >= 0.3 is 0 Å². The summed E-state index contributed by atoms with van der Waals surface area (Å²) in [5.74, 6) is 0.382. The van der Waals surface area contributed by atoms with Crippen LogP contribution in [-0.2, 0) is 21.5 Å². The fourth-order valence-corrected chi connectivity index (χ4v) is 3.88. The van der Waals surface area contributed by atoms with Gasteiger partial charge in [-0.25, -0.2) is 0 Å². The fraction of sp³-hybridized carbons (Fsp3) is 0.389. The molecule has 0 saturated heterocycles. The summed E-state index contributed by atoms with van der Waals surface area (Å²) < 4.78 is 6.99. The molecule has 3 aromatic rings. The molecule has 2 amide bonds. The van der Waals surface area contributed by atoms with Gasteiger partial charge in [-0.3, -0.25) is 14.9 Å². The average Bonchev–Trinajstić information content (AvgIpc) is 3.37. The predicted octanol–water partition coefficient (Wildman–Crippen LogP) is 2.90. The quantitative estimate of drug-likeness (QED) is 0.522. The molecule has 0 aliphatic carbocycles. The van der Waals surface area contributed by atoms with E-state index in [-0.39, 0.29) is 23.5 Å². The van der Waals surface area contributed by atoms with Crippen molar-refractivity contribution in [3.05, 3.63) is 29.3 Å². The molecule has 3 aromatic heterocycles. The highest BCUT2D eigenvalue weighted by Gasteiger charge is 2.20. The molecule has 3 N–H and O–H groups in total. The topological polar surface area (TPSA) is 129 Å². The number of carbonyl (C=O) groups is 2. The van der Waals surface area contributed by atoms with Gasteiger partial charge in [0.15, 0.2) is 11.0 Å². The van der Waals surface area contributed by atoms with E-state index in [0.29, 0.717) is 23.4 Å². The van der Waals surface area contributed by atoms with Crippen LogP contribution in [0.3, 0.4) is 0 Å². The maximum absolute atomic E-state index is 12.3. The maximum Gasteiger partial charge on any atom is 0.237 e. The number of primary amides is 1. The molecular formula is C18H22N6O3S2. The SMILES string of the molecule is CC(C)(C)c1cc(NC(=O)CSc2nnc(-c3cccs3)n2CCC(N)=O)on1. The lowest BCUT2D eigenvalue weighted by atomic mass is 9.92. The summed E-state index contributed by atoms with van der Waals surface area (Å²) in [7, 11) is 0. The molecule has 0 aromatic carbocycles. The van der Waals surface area contributed by atoms with Crippen LogP contribution in [-0.4, -0.2) is 37.5 Å². The molecule has 0 saturated carbocycles. The van der Waals surface area contributed by atoms with Crippen molar-refractivity contribution in [3.63, 3.8) is 0 Å². The Kier molecular flexibility index (Phi) is 6.38. The van der Waals surface area contributed by atoms with E-state index in [1.807, 2.05) is 38.3 Å². The number of anilines is 1. The van der Waals surface area contributed by atoms with Gasteiger partial charge in [0.1, 0.15) is 0 Å². The molecule has 0 unspecified atom stereocenters. The molecule has 9 nitrogen and oxygen atoms in total. The van der Waals surface area contributed by atoms with Crippen LogP contribution in [0.25, 0.3) is 10.7 Å². The Hall–Kier alpha value is -2.66. The molecule has 0 radical (unpaired) electrons. The molecule has 11 heteroatoms. The van der Waals surface area contributed by atoms with Crippen LogP contribution in [0.5, 0.6) is 0 Å². The molecule has 0 fully saturated rings. The Labute approximate surface area is 176 Å². The van der Waals surface area contributed by atoms with E-state index in [9.17, 15) is 9.59 Å². The first-order chi connectivity index (χ1) is 13.7. The van der Waals surface area contributed by atoms with Crippen LogP contribution in [0.4, 0.5) is 5.88 Å². The zero-order valence-corrected chi connectivity index (χ0v) is 18.0. The van der Waals surface area contributed by atoms with Gasteiger partial charge in [-0.1, -0.05) is 43.8 Å². The van der Waals surface area contributed by atoms with E-state index in [1.165, 1.54) is 23.1 Å². The Morgan fingerprint density at radius 2 is 2.14 bits per heavy atom. The van der Waals surface area contributed by atoms with Gasteiger partial charge in [-0.05, 0) is 11.4 Å². The summed E-state index contributed by atoms with van der Waals surface area (Å²) in [5.41, 5.74) is 5.88. The number of nitrogens with one attached hydrogen (secondary N) is 1. The second-order valence-electron chi connectivity index (χ2n) is 7.31. The van der Waals surface area contributed by atoms with Crippen LogP contribution in [0.1, 0.15) is 32.9 Å². The summed E-state index contributed by atoms with van der Waals surface area (Å²) in [6, 6.07) is 5.55. The first kappa shape index (κ1) is 21.1. The summed E-state index contributed by atoms with van der Waals surface area (Å²) in [4.78, 5) is 24.5. The van der Waals surface area contributed by atoms with Crippen molar-refractivity contribution in [1.82, 2.24) is 19.9 Å². The highest BCUT2D eigenvalue weighted by Crippen LogP contribution is 2.28. The van der Waals surface area contributed by atoms with Gasteiger partial charge < -0.3 is 14.8 Å². The van der Waals surface area contributed by atoms with E-state index in [0.717, 1.165) is 10.6 Å². The highest BCUT2D eigenvalue weighted by molar-refractivity contribution is 7.99. The summed E-state index contributed by atoms with van der Waals surface area (Å²) in [5, 5.41) is 17.5. The summed E-state index contributed by atoms with van der Waals surface area (Å²) in [6.45, 7) is 6.37. The van der Waals surface area contributed by atoms with Gasteiger partial charge in [-0.2, -0.15) is 0 Å². The number of rotatable bonds is 8. The van der Waals surface area contributed by atoms with Gasteiger partial charge in [0, 0.05) is 24.4 Å². The summed E-state index contributed by atoms with van der Waals surface area (Å²) in [6.07, 6.45) is 0.157. The third-order valence-electron chi connectivity index (χ3n) is 3.91. The molecule has 3 heterocycles. The Morgan fingerprint density at radius 3 is 2.76 bits per heavy atom. The van der Waals surface area contributed by atoms with E-state index in [4.69, 9.17) is 10.3 Å². The van der Waals surface area contributed by atoms with Crippen LogP contribution < -0.4 is 11.1 Å². The molecule has 154 valence electrons. The Bertz CT molecular complexity index is 988. The highest BCUT2D eigenvalue weighted by atomic mass is 32.2. The number of nitrogens with zero attached hydrogens (tertiary/aromatic N) is 4. The van der Waals surface area contributed by atoms with Gasteiger partial charge in [0.05, 0.1) is 16.3 Å². The van der Waals surface area contributed by atoms with Gasteiger partial charge in [0.2, 0.25) is 17.7 Å². The minimum Gasteiger partial charge on any atom is -0.370 e. The largest absolute Gasteiger partial charge is 0.370 e. The van der Waals surface area contributed by atoms with Crippen molar-refractivity contribution in [2.24, 2.45) is 5.73 Å². The van der Waals surface area contributed by atoms with E-state index >= 15 is 0 Å². The van der Waals surface area contributed by atoms with Crippen LogP contribution in [0, 0.1) is 0 Å². The number of hydrogen-bond donors (Lipinski definition) is 2. The number of amides is 2. The monoisotopic (exact) mass is 434 g/mol. The Balaban J connectivity index is 1.67. The van der Waals surface area contributed by atoms with Crippen molar-refractivity contribution >= 4 is 40.8 Å². The first-order valence-corrected chi connectivity index (χ1v) is 10.8. The van der Waals surface area contributed by atoms with E-state index in [2.05, 4.69) is 20.7 Å². The van der Waals surface area contributed by atoms with Crippen molar-refractivity contribution in [1.29, 1.82) is 0 Å². The lowest BCUT2D eigenvalue weighted by molar-refractivity contribution is -0.118. The molecule has 29 heavy (non-hydrogen) atoms. The van der Waals surface area contributed by atoms with Crippen LogP contribution >= 0.6 is 23.1 Å². The van der Waals surface area contributed by atoms with Gasteiger partial charge in [-0.15, -0.1) is 21.5 Å². The standard InChI is InChI=1S/C18H22N6O3S2/c1-18(2,3)12-9-15(27-23-12)20-14(26)10-29-17-22-21-16(11-5-4-8-28-11)24(17)7-6-13(19)25/h4-5,8-9H,6-7,10H2,1-3H3,(H2,19,25)(H,20,26). The molecule has 0 atom stereocenters. The predicted molar refractivity (Wildman–Crippen MR) is 112 cm³/mol. The number of carbonyl (C=O) groups excluding carboxylic acids is 2. The third kappa shape index (κ3) is 5.45. The zero-order chi connectivity index (χ0) is 21.0. The van der Waals surface area contributed by atoms with Gasteiger partial charge in [0.25, 0.3) is 0 Å². The zero-order valence-electron chi connectivity index (χ0n) is 16.3. The van der Waals surface area contributed by atoms with E-state index in [1.54, 1.807) is 10.6 Å². The van der Waals surface area contributed by atoms with Crippen LogP contribution in [0.15, 0.2) is 33.3 Å². The fourth-order valence-electron chi connectivity index (χ4n) is 2.40. The number of nitrogens with two attached hydrogens (primary N) is 1. The van der Waals surface area contributed by atoms with Crippen LogP contribution in [0.2, 0.25) is 0 Å². The number of thiophene rings is 1. The summed E-state index contributed by atoms with van der Waals surface area (Å²) >= 11 is 2.75. The smallest absolute Gasteiger partial charge is 0.237 e. The van der Waals surface area contributed by atoms with Crippen molar-refractivity contribution in [2.75, 3.05) is 11.1 Å². The lowest BCUT2D eigenvalue weighted by Crippen LogP contribution is -2.16. The first-order valence-electron chi connectivity index (χ1n) is 8.89. The normalized spacial score (nSPS) is 11.6. The van der Waals surface area contributed by atoms with Crippen molar-refractivity contribution < 1.29 is 14.1 Å². The average molecular weight is 435 g/mol. The molecule has 0 bridgehead atoms. The molecule has 3 rings (SSSR count). The van der Waals surface area contributed by atoms with Crippen molar-refractivity contribution in [2.45, 2.75) is 44.3 Å².